The van der Waals surface area contributed by atoms with Gasteiger partial charge in [-0.1, -0.05) is 36.4 Å². The number of Topliss-reactive ketones (excluding diaryl/α,β-unsaturated/α-hetero) is 1. The summed E-state index contributed by atoms with van der Waals surface area (Å²) in [7, 11) is -2.06. The van der Waals surface area contributed by atoms with Gasteiger partial charge in [0.2, 0.25) is 0 Å². The highest BCUT2D eigenvalue weighted by Crippen LogP contribution is 2.31. The van der Waals surface area contributed by atoms with E-state index in [9.17, 15) is 17.6 Å². The first-order valence-corrected chi connectivity index (χ1v) is 11.0. The molecule has 30 heavy (non-hydrogen) atoms. The van der Waals surface area contributed by atoms with Crippen molar-refractivity contribution in [3.63, 3.8) is 0 Å². The molecule has 3 aromatic rings. The second kappa shape index (κ2) is 7.91. The van der Waals surface area contributed by atoms with Gasteiger partial charge in [-0.15, -0.1) is 0 Å². The zero-order chi connectivity index (χ0) is 21.3. The van der Waals surface area contributed by atoms with E-state index in [4.69, 9.17) is 0 Å². The van der Waals surface area contributed by atoms with E-state index in [2.05, 4.69) is 4.72 Å². The number of fused-ring (bicyclic) bond motifs is 1. The van der Waals surface area contributed by atoms with Crippen molar-refractivity contribution in [1.29, 1.82) is 0 Å². The van der Waals surface area contributed by atoms with Crippen molar-refractivity contribution in [2.75, 3.05) is 16.7 Å². The molecule has 1 atom stereocenters. The first-order chi connectivity index (χ1) is 14.3. The van der Waals surface area contributed by atoms with Crippen LogP contribution in [0.4, 0.5) is 15.8 Å². The topological polar surface area (TPSA) is 66.5 Å². The van der Waals surface area contributed by atoms with Gasteiger partial charge in [-0.25, -0.2) is 12.8 Å². The van der Waals surface area contributed by atoms with Crippen molar-refractivity contribution in [2.24, 2.45) is 0 Å². The van der Waals surface area contributed by atoms with E-state index in [0.717, 1.165) is 17.3 Å². The standard InChI is InChI=1S/C23H21FN2O3S/c1-26-21-11-10-20(30(28,29)25-19-9-5-8-18(24)15-19)13-17(21)14-23(27)22(26)12-16-6-3-2-4-7-16/h2-11,13,15,22,25H,12,14H2,1H3. The number of hydrogen-bond donors (Lipinski definition) is 1. The minimum absolute atomic E-state index is 0.0354. The molecule has 0 saturated carbocycles. The molecule has 1 N–H and O–H groups in total. The van der Waals surface area contributed by atoms with E-state index in [1.807, 2.05) is 42.3 Å². The van der Waals surface area contributed by atoms with E-state index in [0.29, 0.717) is 12.0 Å². The molecule has 4 rings (SSSR count). The Labute approximate surface area is 175 Å². The summed E-state index contributed by atoms with van der Waals surface area (Å²) in [5.74, 6) is -0.487. The maximum Gasteiger partial charge on any atom is 0.261 e. The van der Waals surface area contributed by atoms with E-state index in [1.165, 1.54) is 30.3 Å². The highest BCUT2D eigenvalue weighted by atomic mass is 32.2. The third-order valence-corrected chi connectivity index (χ3v) is 6.67. The summed E-state index contributed by atoms with van der Waals surface area (Å²) in [5.41, 5.74) is 2.71. The van der Waals surface area contributed by atoms with Gasteiger partial charge in [-0.05, 0) is 53.9 Å². The molecule has 0 aromatic heterocycles. The molecule has 7 heteroatoms. The Bertz CT molecular complexity index is 1200. The summed E-state index contributed by atoms with van der Waals surface area (Å²) >= 11 is 0. The van der Waals surface area contributed by atoms with Crippen LogP contribution >= 0.6 is 0 Å². The second-order valence-corrected chi connectivity index (χ2v) is 9.05. The Morgan fingerprint density at radius 2 is 1.80 bits per heavy atom. The van der Waals surface area contributed by atoms with Gasteiger partial charge in [-0.2, -0.15) is 0 Å². The minimum atomic E-state index is -3.91. The first kappa shape index (κ1) is 20.1. The molecule has 3 aromatic carbocycles. The van der Waals surface area contributed by atoms with Crippen molar-refractivity contribution in [3.05, 3.63) is 89.7 Å². The fourth-order valence-electron chi connectivity index (χ4n) is 3.76. The number of benzene rings is 3. The molecular formula is C23H21FN2O3S. The number of carbonyl (C=O) groups is 1. The van der Waals surface area contributed by atoms with Crippen molar-refractivity contribution >= 4 is 27.2 Å². The van der Waals surface area contributed by atoms with Gasteiger partial charge in [0.25, 0.3) is 10.0 Å². The number of rotatable bonds is 5. The molecule has 1 heterocycles. The smallest absolute Gasteiger partial charge is 0.261 e. The lowest BCUT2D eigenvalue weighted by molar-refractivity contribution is -0.120. The van der Waals surface area contributed by atoms with Crippen molar-refractivity contribution in [2.45, 2.75) is 23.8 Å². The van der Waals surface area contributed by atoms with Crippen LogP contribution in [0.25, 0.3) is 0 Å². The van der Waals surface area contributed by atoms with Crippen LogP contribution in [-0.2, 0) is 27.7 Å². The van der Waals surface area contributed by atoms with Crippen molar-refractivity contribution in [3.8, 4) is 0 Å². The van der Waals surface area contributed by atoms with Gasteiger partial charge < -0.3 is 4.90 Å². The second-order valence-electron chi connectivity index (χ2n) is 7.37. The Kier molecular flexibility index (Phi) is 5.30. The molecule has 0 radical (unpaired) electrons. The number of ketones is 1. The molecule has 154 valence electrons. The van der Waals surface area contributed by atoms with Crippen molar-refractivity contribution in [1.82, 2.24) is 0 Å². The van der Waals surface area contributed by atoms with Crippen LogP contribution in [0.1, 0.15) is 11.1 Å². The number of sulfonamides is 1. The number of halogens is 1. The average Bonchev–Trinajstić information content (AvgIpc) is 2.71. The zero-order valence-electron chi connectivity index (χ0n) is 16.4. The molecule has 1 unspecified atom stereocenters. The molecule has 1 aliphatic rings. The minimum Gasteiger partial charge on any atom is -0.364 e. The van der Waals surface area contributed by atoms with Crippen LogP contribution < -0.4 is 9.62 Å². The quantitative estimate of drug-likeness (QED) is 0.677. The lowest BCUT2D eigenvalue weighted by Crippen LogP contribution is -2.45. The van der Waals surface area contributed by atoms with Crippen LogP contribution in [0.3, 0.4) is 0 Å². The fourth-order valence-corrected chi connectivity index (χ4v) is 4.86. The van der Waals surface area contributed by atoms with Crippen LogP contribution in [0, 0.1) is 5.82 Å². The highest BCUT2D eigenvalue weighted by Gasteiger charge is 2.31. The molecule has 0 fully saturated rings. The van der Waals surface area contributed by atoms with Crippen LogP contribution in [0.15, 0.2) is 77.7 Å². The first-order valence-electron chi connectivity index (χ1n) is 9.54. The third kappa shape index (κ3) is 4.07. The van der Waals surface area contributed by atoms with Crippen LogP contribution in [0.2, 0.25) is 0 Å². The van der Waals surface area contributed by atoms with Crippen LogP contribution in [-0.4, -0.2) is 27.3 Å². The SMILES string of the molecule is CN1c2ccc(S(=O)(=O)Nc3cccc(F)c3)cc2CC(=O)C1Cc1ccccc1. The lowest BCUT2D eigenvalue weighted by atomic mass is 9.91. The molecule has 0 spiro atoms. The number of nitrogens with zero attached hydrogens (tertiary/aromatic N) is 1. The molecule has 1 aliphatic heterocycles. The van der Waals surface area contributed by atoms with E-state index >= 15 is 0 Å². The molecule has 0 bridgehead atoms. The molecule has 0 aliphatic carbocycles. The number of anilines is 2. The molecule has 0 saturated heterocycles. The molecule has 0 amide bonds. The predicted octanol–water partition coefficient (Wildman–Crippen LogP) is 3.80. The fraction of sp³-hybridized carbons (Fsp3) is 0.174. The predicted molar refractivity (Wildman–Crippen MR) is 115 cm³/mol. The van der Waals surface area contributed by atoms with Gasteiger partial charge in [0.1, 0.15) is 5.82 Å². The van der Waals surface area contributed by atoms with Crippen LogP contribution in [0.5, 0.6) is 0 Å². The summed E-state index contributed by atoms with van der Waals surface area (Å²) < 4.78 is 41.2. The average molecular weight is 424 g/mol. The normalized spacial score (nSPS) is 16.3. The lowest BCUT2D eigenvalue weighted by Gasteiger charge is -2.35. The Balaban J connectivity index is 1.60. The summed E-state index contributed by atoms with van der Waals surface area (Å²) in [6.07, 6.45) is 0.761. The number of nitrogens with one attached hydrogen (secondary N) is 1. The third-order valence-electron chi connectivity index (χ3n) is 5.29. The number of likely N-dealkylation sites (N-methyl/N-ethyl adjacent to an activating group) is 1. The van der Waals surface area contributed by atoms with Gasteiger partial charge in [0, 0.05) is 19.2 Å². The van der Waals surface area contributed by atoms with Gasteiger partial charge in [-0.3, -0.25) is 9.52 Å². The number of carbonyl (C=O) groups excluding carboxylic acids is 1. The van der Waals surface area contributed by atoms with E-state index in [1.54, 1.807) is 6.07 Å². The molecular weight excluding hydrogens is 403 g/mol. The maximum atomic E-state index is 13.4. The Hall–Kier alpha value is -3.19. The zero-order valence-corrected chi connectivity index (χ0v) is 17.2. The van der Waals surface area contributed by atoms with E-state index < -0.39 is 15.8 Å². The largest absolute Gasteiger partial charge is 0.364 e. The van der Waals surface area contributed by atoms with Gasteiger partial charge in [0.05, 0.1) is 16.6 Å². The van der Waals surface area contributed by atoms with E-state index in [-0.39, 0.29) is 28.8 Å². The Morgan fingerprint density at radius 1 is 1.03 bits per heavy atom. The van der Waals surface area contributed by atoms with Gasteiger partial charge in [0.15, 0.2) is 5.78 Å². The highest BCUT2D eigenvalue weighted by molar-refractivity contribution is 7.92. The summed E-state index contributed by atoms with van der Waals surface area (Å²) in [5, 5.41) is 0. The summed E-state index contributed by atoms with van der Waals surface area (Å²) in [6.45, 7) is 0. The van der Waals surface area contributed by atoms with Gasteiger partial charge >= 0.3 is 0 Å². The number of hydrogen-bond acceptors (Lipinski definition) is 4. The molecule has 5 nitrogen and oxygen atoms in total. The summed E-state index contributed by atoms with van der Waals surface area (Å²) in [4.78, 5) is 14.8. The maximum absolute atomic E-state index is 13.4. The summed E-state index contributed by atoms with van der Waals surface area (Å²) in [6, 6.07) is 19.5. The van der Waals surface area contributed by atoms with Crippen molar-refractivity contribution < 1.29 is 17.6 Å². The Morgan fingerprint density at radius 3 is 2.53 bits per heavy atom. The monoisotopic (exact) mass is 424 g/mol.